The van der Waals surface area contributed by atoms with Gasteiger partial charge in [-0.15, -0.1) is 0 Å². The molecule has 0 aliphatic heterocycles. The van der Waals surface area contributed by atoms with Crippen LogP contribution >= 0.6 is 0 Å². The monoisotopic (exact) mass is 295 g/mol. The third kappa shape index (κ3) is 2.99. The van der Waals surface area contributed by atoms with Gasteiger partial charge < -0.3 is 4.90 Å². The van der Waals surface area contributed by atoms with Gasteiger partial charge in [0.1, 0.15) is 5.69 Å². The van der Waals surface area contributed by atoms with E-state index in [1.165, 1.54) is 5.39 Å². The number of aromatic nitrogens is 3. The highest BCUT2D eigenvalue weighted by molar-refractivity contribution is 5.93. The second-order valence-corrected chi connectivity index (χ2v) is 5.73. The van der Waals surface area contributed by atoms with Crippen LogP contribution in [-0.2, 0) is 0 Å². The van der Waals surface area contributed by atoms with Crippen molar-refractivity contribution in [3.8, 4) is 0 Å². The summed E-state index contributed by atoms with van der Waals surface area (Å²) in [6.45, 7) is 3.76. The Balaban J connectivity index is 2.05. The maximum Gasteiger partial charge on any atom is 0.173 e. The molecule has 0 unspecified atom stereocenters. The van der Waals surface area contributed by atoms with Gasteiger partial charge >= 0.3 is 0 Å². The summed E-state index contributed by atoms with van der Waals surface area (Å²) in [6.07, 6.45) is 2.97. The molecule has 0 aliphatic rings. The van der Waals surface area contributed by atoms with Gasteiger partial charge in [0.2, 0.25) is 0 Å². The number of aryl methyl sites for hydroxylation is 1. The molecular weight excluding hydrogens is 274 g/mol. The minimum absolute atomic E-state index is 0.745. The van der Waals surface area contributed by atoms with Gasteiger partial charge in [-0.1, -0.05) is 24.3 Å². The first kappa shape index (κ1) is 14.7. The Morgan fingerprint density at radius 3 is 2.82 bits per heavy atom. The van der Waals surface area contributed by atoms with E-state index in [4.69, 9.17) is 4.98 Å². The van der Waals surface area contributed by atoms with E-state index in [0.29, 0.717) is 0 Å². The minimum Gasteiger partial charge on any atom is -0.309 e. The summed E-state index contributed by atoms with van der Waals surface area (Å²) in [7, 11) is 4.15. The van der Waals surface area contributed by atoms with Crippen LogP contribution in [0.2, 0.25) is 0 Å². The van der Waals surface area contributed by atoms with Gasteiger partial charge in [0.15, 0.2) is 11.1 Å². The van der Waals surface area contributed by atoms with Crippen LogP contribution in [0.15, 0.2) is 41.5 Å². The van der Waals surface area contributed by atoms with Crippen LogP contribution in [0.25, 0.3) is 16.4 Å². The summed E-state index contributed by atoms with van der Waals surface area (Å²) in [5.74, 6) is 0. The molecular formula is C17H21N5. The summed E-state index contributed by atoms with van der Waals surface area (Å²) < 4.78 is 1.83. The zero-order chi connectivity index (χ0) is 15.5. The van der Waals surface area contributed by atoms with E-state index in [1.807, 2.05) is 29.8 Å². The fourth-order valence-electron chi connectivity index (χ4n) is 2.49. The van der Waals surface area contributed by atoms with Crippen LogP contribution in [0.3, 0.4) is 0 Å². The molecule has 0 atom stereocenters. The molecule has 0 radical (unpaired) electrons. The summed E-state index contributed by atoms with van der Waals surface area (Å²) in [6, 6.07) is 10.3. The number of nitrogens with zero attached hydrogens (tertiary/aromatic N) is 5. The predicted octanol–water partition coefficient (Wildman–Crippen LogP) is 2.04. The average molecular weight is 295 g/mol. The van der Waals surface area contributed by atoms with Gasteiger partial charge in [0, 0.05) is 18.1 Å². The highest BCUT2D eigenvalue weighted by atomic mass is 15.2. The van der Waals surface area contributed by atoms with Crippen LogP contribution in [0.1, 0.15) is 12.1 Å². The largest absolute Gasteiger partial charge is 0.309 e. The Bertz CT molecular complexity index is 864. The lowest BCUT2D eigenvalue weighted by molar-refractivity contribution is 0.402. The van der Waals surface area contributed by atoms with Crippen molar-refractivity contribution >= 4 is 16.4 Å². The van der Waals surface area contributed by atoms with Gasteiger partial charge in [-0.25, -0.2) is 9.50 Å². The molecule has 5 heteroatoms. The number of fused-ring (bicyclic) bond motifs is 3. The first-order valence-electron chi connectivity index (χ1n) is 7.55. The molecule has 0 spiro atoms. The van der Waals surface area contributed by atoms with Crippen LogP contribution in [-0.4, -0.2) is 46.7 Å². The van der Waals surface area contributed by atoms with Crippen LogP contribution in [0.4, 0.5) is 0 Å². The van der Waals surface area contributed by atoms with Crippen molar-refractivity contribution in [3.05, 3.63) is 47.7 Å². The first-order chi connectivity index (χ1) is 10.6. The highest BCUT2D eigenvalue weighted by Gasteiger charge is 2.04. The Morgan fingerprint density at radius 1 is 1.18 bits per heavy atom. The van der Waals surface area contributed by atoms with Crippen molar-refractivity contribution < 1.29 is 0 Å². The fourth-order valence-corrected chi connectivity index (χ4v) is 2.49. The lowest BCUT2D eigenvalue weighted by Gasteiger charge is -2.07. The molecule has 5 nitrogen and oxygen atoms in total. The Kier molecular flexibility index (Phi) is 4.15. The number of hydrogen-bond acceptors (Lipinski definition) is 4. The summed E-state index contributed by atoms with van der Waals surface area (Å²) in [5, 5.41) is 6.85. The topological polar surface area (TPSA) is 45.8 Å². The number of hydrogen-bond donors (Lipinski definition) is 0. The third-order valence-corrected chi connectivity index (χ3v) is 3.63. The van der Waals surface area contributed by atoms with E-state index in [1.54, 1.807) is 0 Å². The van der Waals surface area contributed by atoms with Gasteiger partial charge in [-0.05, 0) is 45.4 Å². The highest BCUT2D eigenvalue weighted by Crippen LogP contribution is 2.16. The number of benzene rings is 1. The fraction of sp³-hybridized carbons (Fsp3) is 0.353. The van der Waals surface area contributed by atoms with Crippen LogP contribution in [0, 0.1) is 6.92 Å². The first-order valence-corrected chi connectivity index (χ1v) is 7.55. The Labute approximate surface area is 129 Å². The van der Waals surface area contributed by atoms with Crippen molar-refractivity contribution in [2.75, 3.05) is 27.2 Å². The summed E-state index contributed by atoms with van der Waals surface area (Å²) >= 11 is 0. The van der Waals surface area contributed by atoms with Gasteiger partial charge in [-0.2, -0.15) is 5.10 Å². The standard InChI is InChI=1S/C17H21N5/c1-13-16(18-10-6-11-21(2)3)19-17-15-8-5-4-7-14(15)9-12-22(17)20-13/h4-5,7-9,12H,6,10-11H2,1-3H3. The molecule has 0 amide bonds. The van der Waals surface area contributed by atoms with E-state index < -0.39 is 0 Å². The number of pyridine rings is 1. The zero-order valence-corrected chi connectivity index (χ0v) is 13.3. The smallest absolute Gasteiger partial charge is 0.173 e. The van der Waals surface area contributed by atoms with Crippen molar-refractivity contribution in [3.63, 3.8) is 0 Å². The Hall–Kier alpha value is -2.27. The summed E-state index contributed by atoms with van der Waals surface area (Å²) in [5.41, 5.74) is 2.46. The predicted molar refractivity (Wildman–Crippen MR) is 88.8 cm³/mol. The van der Waals surface area contributed by atoms with Gasteiger partial charge in [-0.3, -0.25) is 4.99 Å². The molecule has 3 aromatic rings. The molecule has 22 heavy (non-hydrogen) atoms. The van der Waals surface area contributed by atoms with E-state index >= 15 is 0 Å². The molecule has 0 N–H and O–H groups in total. The van der Waals surface area contributed by atoms with Crippen molar-refractivity contribution in [1.82, 2.24) is 19.5 Å². The van der Waals surface area contributed by atoms with Crippen LogP contribution < -0.4 is 5.49 Å². The Morgan fingerprint density at radius 2 is 2.00 bits per heavy atom. The second-order valence-electron chi connectivity index (χ2n) is 5.73. The zero-order valence-electron chi connectivity index (χ0n) is 13.3. The quantitative estimate of drug-likeness (QED) is 0.546. The molecule has 2 aromatic heterocycles. The minimum atomic E-state index is 0.745. The maximum atomic E-state index is 4.74. The van der Waals surface area contributed by atoms with E-state index in [9.17, 15) is 0 Å². The molecule has 0 fully saturated rings. The second kappa shape index (κ2) is 6.23. The molecule has 0 aliphatic carbocycles. The molecule has 0 bridgehead atoms. The van der Waals surface area contributed by atoms with Crippen molar-refractivity contribution in [1.29, 1.82) is 0 Å². The molecule has 1 aromatic carbocycles. The van der Waals surface area contributed by atoms with Crippen molar-refractivity contribution in [2.24, 2.45) is 4.99 Å². The molecule has 0 saturated carbocycles. The van der Waals surface area contributed by atoms with E-state index in [-0.39, 0.29) is 0 Å². The van der Waals surface area contributed by atoms with E-state index in [2.05, 4.69) is 47.3 Å². The normalized spacial score (nSPS) is 12.6. The number of rotatable bonds is 4. The molecule has 114 valence electrons. The maximum absolute atomic E-state index is 4.74. The molecule has 0 saturated heterocycles. The van der Waals surface area contributed by atoms with Gasteiger partial charge in [0.05, 0.1) is 0 Å². The van der Waals surface area contributed by atoms with Crippen molar-refractivity contribution in [2.45, 2.75) is 13.3 Å². The van der Waals surface area contributed by atoms with E-state index in [0.717, 1.165) is 41.7 Å². The molecule has 3 rings (SSSR count). The SMILES string of the molecule is Cc1nn2ccc3ccccc3c2nc1=NCCCN(C)C. The lowest BCUT2D eigenvalue weighted by atomic mass is 10.2. The van der Waals surface area contributed by atoms with Crippen LogP contribution in [0.5, 0.6) is 0 Å². The van der Waals surface area contributed by atoms with Gasteiger partial charge in [0.25, 0.3) is 0 Å². The third-order valence-electron chi connectivity index (χ3n) is 3.63. The summed E-state index contributed by atoms with van der Waals surface area (Å²) in [4.78, 5) is 11.5. The average Bonchev–Trinajstić information content (AvgIpc) is 2.51. The molecule has 2 heterocycles. The lowest BCUT2D eigenvalue weighted by Crippen LogP contribution is -2.20.